The Morgan fingerprint density at radius 1 is 0.266 bits per heavy atom. The summed E-state index contributed by atoms with van der Waals surface area (Å²) >= 11 is 0. The molecule has 3 unspecified atom stereocenters. The van der Waals surface area contributed by atoms with Gasteiger partial charge in [-0.05, 0) is 49.4 Å². The molecule has 0 spiro atoms. The van der Waals surface area contributed by atoms with Gasteiger partial charge in [0.2, 0.25) is 0 Å². The molecule has 0 aliphatic heterocycles. The first kappa shape index (κ1) is 92.1. The Hall–Kier alpha value is -1.94. The van der Waals surface area contributed by atoms with Crippen LogP contribution in [0, 0.1) is 23.7 Å². The van der Waals surface area contributed by atoms with Gasteiger partial charge >= 0.3 is 39.5 Å². The van der Waals surface area contributed by atoms with Crippen molar-refractivity contribution in [2.24, 2.45) is 23.7 Å². The van der Waals surface area contributed by atoms with Crippen LogP contribution in [0.25, 0.3) is 0 Å². The van der Waals surface area contributed by atoms with Crippen LogP contribution in [0.3, 0.4) is 0 Å². The highest BCUT2D eigenvalue weighted by molar-refractivity contribution is 7.47. The molecule has 94 heavy (non-hydrogen) atoms. The molecule has 0 radical (unpaired) electrons. The number of unbranched alkanes of at least 4 members (excludes halogenated alkanes) is 38. The summed E-state index contributed by atoms with van der Waals surface area (Å²) in [5.41, 5.74) is 0. The summed E-state index contributed by atoms with van der Waals surface area (Å²) < 4.78 is 68.4. The van der Waals surface area contributed by atoms with Crippen molar-refractivity contribution in [3.05, 3.63) is 0 Å². The SMILES string of the molecule is CC(C)CCCCCCCCCCCCCCCCCCC(=O)O[C@H](COC(=O)CCCCCCCCCC(C)C)COP(=O)(O)OCC(O)COP(=O)(O)OC[C@@H](COC(=O)CCCCCCCCCC(C)C)OC(=O)CCCCCCCCCCCCCCC(C)C. The van der Waals surface area contributed by atoms with E-state index in [4.69, 9.17) is 37.0 Å². The molecule has 0 aromatic heterocycles. The summed E-state index contributed by atoms with van der Waals surface area (Å²) in [5.74, 6) is 0.872. The Kier molecular flexibility index (Phi) is 63.1. The van der Waals surface area contributed by atoms with Crippen molar-refractivity contribution in [3.63, 3.8) is 0 Å². The van der Waals surface area contributed by atoms with E-state index in [9.17, 15) is 43.2 Å². The van der Waals surface area contributed by atoms with E-state index in [1.54, 1.807) is 0 Å². The molecular weight excluding hydrogens is 1230 g/mol. The first-order valence-corrected chi connectivity index (χ1v) is 41.7. The number of aliphatic hydroxyl groups is 1. The van der Waals surface area contributed by atoms with Crippen LogP contribution in [0.2, 0.25) is 0 Å². The van der Waals surface area contributed by atoms with Gasteiger partial charge in [0.15, 0.2) is 12.2 Å². The molecule has 17 nitrogen and oxygen atoms in total. The molecule has 0 fully saturated rings. The van der Waals surface area contributed by atoms with Crippen LogP contribution in [0.4, 0.5) is 0 Å². The number of carbonyl (C=O) groups excluding carboxylic acids is 4. The highest BCUT2D eigenvalue weighted by Crippen LogP contribution is 2.45. The van der Waals surface area contributed by atoms with Crippen LogP contribution in [-0.2, 0) is 65.4 Å². The van der Waals surface area contributed by atoms with E-state index in [0.717, 1.165) is 115 Å². The predicted octanol–water partition coefficient (Wildman–Crippen LogP) is 21.7. The van der Waals surface area contributed by atoms with Crippen LogP contribution in [-0.4, -0.2) is 96.7 Å². The van der Waals surface area contributed by atoms with Crippen LogP contribution in [0.15, 0.2) is 0 Å². The molecule has 0 amide bonds. The number of carbonyl (C=O) groups is 4. The molecule has 0 bridgehead atoms. The van der Waals surface area contributed by atoms with Gasteiger partial charge in [0.25, 0.3) is 0 Å². The standard InChI is InChI=1S/C75H146O17P2/c1-65(2)51-43-35-27-21-17-13-11-9-10-12-14-19-23-31-41-49-57-74(79)91-70(61-85-72(77)55-47-39-33-25-29-37-45-53-67(5)6)63-89-93(81,82)87-59-69(76)60-88-94(83,84)90-64-71(62-86-73(78)56-48-40-34-26-30-38-46-54-68(7)8)92-75(80)58-50-42-32-24-20-16-15-18-22-28-36-44-52-66(3)4/h65-71,76H,9-64H2,1-8H3,(H,81,82)(H,83,84)/t69?,70-,71-/m1/s1. The van der Waals surface area contributed by atoms with E-state index >= 15 is 0 Å². The van der Waals surface area contributed by atoms with Gasteiger partial charge < -0.3 is 33.8 Å². The molecule has 5 atom stereocenters. The lowest BCUT2D eigenvalue weighted by Crippen LogP contribution is -2.30. The number of phosphoric acid groups is 2. The molecule has 558 valence electrons. The molecule has 3 N–H and O–H groups in total. The maximum Gasteiger partial charge on any atom is 0.472 e. The van der Waals surface area contributed by atoms with Gasteiger partial charge in [0.1, 0.15) is 19.3 Å². The van der Waals surface area contributed by atoms with E-state index in [2.05, 4.69) is 55.4 Å². The molecule has 0 aliphatic rings. The van der Waals surface area contributed by atoms with Crippen molar-refractivity contribution < 1.29 is 80.2 Å². The number of phosphoric ester groups is 2. The van der Waals surface area contributed by atoms with Crippen LogP contribution in [0.5, 0.6) is 0 Å². The molecule has 0 aromatic carbocycles. The van der Waals surface area contributed by atoms with E-state index < -0.39 is 97.5 Å². The average Bonchev–Trinajstić information content (AvgIpc) is 1.32. The van der Waals surface area contributed by atoms with Crippen molar-refractivity contribution in [2.45, 2.75) is 395 Å². The Morgan fingerprint density at radius 3 is 0.660 bits per heavy atom. The van der Waals surface area contributed by atoms with Gasteiger partial charge in [0, 0.05) is 25.7 Å². The Labute approximate surface area is 575 Å². The van der Waals surface area contributed by atoms with Gasteiger partial charge in [0.05, 0.1) is 26.4 Å². The van der Waals surface area contributed by atoms with E-state index in [0.29, 0.717) is 37.5 Å². The fourth-order valence-electron chi connectivity index (χ4n) is 11.4. The minimum absolute atomic E-state index is 0.106. The maximum atomic E-state index is 13.1. The van der Waals surface area contributed by atoms with Crippen molar-refractivity contribution in [3.8, 4) is 0 Å². The van der Waals surface area contributed by atoms with Crippen molar-refractivity contribution in [1.29, 1.82) is 0 Å². The van der Waals surface area contributed by atoms with Gasteiger partial charge in [-0.3, -0.25) is 37.3 Å². The summed E-state index contributed by atoms with van der Waals surface area (Å²) in [6.07, 6.45) is 48.8. The third-order valence-corrected chi connectivity index (χ3v) is 19.2. The van der Waals surface area contributed by atoms with Gasteiger partial charge in [-0.1, -0.05) is 325 Å². The molecule has 0 saturated carbocycles. The van der Waals surface area contributed by atoms with Crippen LogP contribution >= 0.6 is 15.6 Å². The van der Waals surface area contributed by atoms with E-state index in [1.165, 1.54) is 167 Å². The minimum atomic E-state index is -4.96. The zero-order valence-electron chi connectivity index (χ0n) is 61.6. The average molecular weight is 1380 g/mol. The lowest BCUT2D eigenvalue weighted by atomic mass is 10.0. The third kappa shape index (κ3) is 68.6. The monoisotopic (exact) mass is 1380 g/mol. The number of aliphatic hydroxyl groups excluding tert-OH is 1. The summed E-state index contributed by atoms with van der Waals surface area (Å²) in [5, 5.41) is 10.6. The Balaban J connectivity index is 5.21. The summed E-state index contributed by atoms with van der Waals surface area (Å²) in [6, 6.07) is 0. The zero-order chi connectivity index (χ0) is 69.6. The van der Waals surface area contributed by atoms with Gasteiger partial charge in [-0.15, -0.1) is 0 Å². The molecule has 0 rings (SSSR count). The number of hydrogen-bond donors (Lipinski definition) is 3. The summed E-state index contributed by atoms with van der Waals surface area (Å²) in [7, 11) is -9.91. The molecule has 0 saturated heterocycles. The number of esters is 4. The Morgan fingerprint density at radius 2 is 0.447 bits per heavy atom. The number of hydrogen-bond acceptors (Lipinski definition) is 15. The van der Waals surface area contributed by atoms with Crippen LogP contribution < -0.4 is 0 Å². The van der Waals surface area contributed by atoms with Crippen LogP contribution in [0.1, 0.15) is 376 Å². The van der Waals surface area contributed by atoms with E-state index in [1.807, 2.05) is 0 Å². The van der Waals surface area contributed by atoms with Gasteiger partial charge in [-0.2, -0.15) is 0 Å². The fraction of sp³-hybridized carbons (Fsp3) is 0.947. The quantitative estimate of drug-likeness (QED) is 0.0222. The molecule has 19 heteroatoms. The molecule has 0 aromatic rings. The maximum absolute atomic E-state index is 13.1. The lowest BCUT2D eigenvalue weighted by Gasteiger charge is -2.21. The topological polar surface area (TPSA) is 237 Å². The molecule has 0 heterocycles. The third-order valence-electron chi connectivity index (χ3n) is 17.3. The summed E-state index contributed by atoms with van der Waals surface area (Å²) in [4.78, 5) is 72.7. The number of ether oxygens (including phenoxy) is 4. The van der Waals surface area contributed by atoms with E-state index in [-0.39, 0.29) is 25.7 Å². The van der Waals surface area contributed by atoms with Crippen molar-refractivity contribution in [1.82, 2.24) is 0 Å². The van der Waals surface area contributed by atoms with Gasteiger partial charge in [-0.25, -0.2) is 9.13 Å². The van der Waals surface area contributed by atoms with Crippen molar-refractivity contribution in [2.75, 3.05) is 39.6 Å². The predicted molar refractivity (Wildman–Crippen MR) is 381 cm³/mol. The first-order chi connectivity index (χ1) is 45.1. The largest absolute Gasteiger partial charge is 0.472 e. The normalized spacial score (nSPS) is 14.2. The first-order valence-electron chi connectivity index (χ1n) is 38.7. The van der Waals surface area contributed by atoms with Crippen molar-refractivity contribution >= 4 is 39.5 Å². The highest BCUT2D eigenvalue weighted by atomic mass is 31.2. The Bertz CT molecular complexity index is 1850. The second-order valence-corrected chi connectivity index (χ2v) is 31.9. The zero-order valence-corrected chi connectivity index (χ0v) is 63.4. The second kappa shape index (κ2) is 64.4. The smallest absolute Gasteiger partial charge is 0.462 e. The molecule has 0 aliphatic carbocycles. The molecular formula is C75H146O17P2. The highest BCUT2D eigenvalue weighted by Gasteiger charge is 2.30. The fourth-order valence-corrected chi connectivity index (χ4v) is 13.0. The summed E-state index contributed by atoms with van der Waals surface area (Å²) in [6.45, 7) is 14.1. The minimum Gasteiger partial charge on any atom is -0.462 e. The lowest BCUT2D eigenvalue weighted by molar-refractivity contribution is -0.161. The number of rotatable bonds is 72. The second-order valence-electron chi connectivity index (χ2n) is 28.9.